The summed E-state index contributed by atoms with van der Waals surface area (Å²) in [5.74, 6) is -1.30. The molecule has 6 amide bonds. The van der Waals surface area contributed by atoms with Crippen LogP contribution >= 0.6 is 0 Å². The molecule has 4 aromatic rings. The molecule has 4 rings (SSSR count). The predicted molar refractivity (Wildman–Crippen MR) is 185 cm³/mol. The van der Waals surface area contributed by atoms with Gasteiger partial charge in [-0.25, -0.2) is 14.6 Å². The third-order valence-electron chi connectivity index (χ3n) is 7.35. The summed E-state index contributed by atoms with van der Waals surface area (Å²) in [4.78, 5) is 57.9. The number of benzene rings is 3. The number of nitrogens with two attached hydrogens (primary N) is 1. The summed E-state index contributed by atoms with van der Waals surface area (Å²) in [5.41, 5.74) is 7.25. The van der Waals surface area contributed by atoms with Gasteiger partial charge in [-0.2, -0.15) is 0 Å². The summed E-state index contributed by atoms with van der Waals surface area (Å²) in [5, 5.41) is 23.3. The van der Waals surface area contributed by atoms with Gasteiger partial charge in [-0.15, -0.1) is 0 Å². The zero-order valence-electron chi connectivity index (χ0n) is 27.4. The molecular weight excluding hydrogens is 610 g/mol. The van der Waals surface area contributed by atoms with Crippen molar-refractivity contribution in [1.29, 1.82) is 0 Å². The standard InChI is InChI=1S/C36H43N7O5/c1-36(2,3)42-35(48)43(22-25-14-8-5-9-15-25)23-30(44)28(20-24-12-6-4-7-13-24)39-33(46)29(21-31(37)45)40-34(47)41-32-19-18-26-16-10-11-17-27(26)38-32/h4-19,28-30,44H,20-23H2,1-3H3,(H2,37,45)(H,39,46)(H,42,48)(H2,38,40,41,47). The first kappa shape index (κ1) is 35.4. The van der Waals surface area contributed by atoms with Crippen molar-refractivity contribution in [2.24, 2.45) is 5.73 Å². The van der Waals surface area contributed by atoms with E-state index in [1.807, 2.05) is 99.6 Å². The van der Waals surface area contributed by atoms with Gasteiger partial charge in [-0.3, -0.25) is 14.9 Å². The van der Waals surface area contributed by atoms with Gasteiger partial charge in [0.25, 0.3) is 0 Å². The average Bonchev–Trinajstić information content (AvgIpc) is 3.03. The number of primary amides is 1. The van der Waals surface area contributed by atoms with E-state index in [0.717, 1.165) is 16.5 Å². The van der Waals surface area contributed by atoms with Crippen LogP contribution in [0.3, 0.4) is 0 Å². The van der Waals surface area contributed by atoms with Crippen LogP contribution in [-0.4, -0.2) is 69.1 Å². The molecule has 0 saturated carbocycles. The SMILES string of the molecule is CC(C)(C)NC(=O)N(Cc1ccccc1)CC(O)C(Cc1ccccc1)NC(=O)C(CC(N)=O)NC(=O)Nc1ccc2ccccc2n1. The summed E-state index contributed by atoms with van der Waals surface area (Å²) < 4.78 is 0. The maximum Gasteiger partial charge on any atom is 0.321 e. The Morgan fingerprint density at radius 3 is 2.10 bits per heavy atom. The normalized spacial score (nSPS) is 13.1. The second kappa shape index (κ2) is 16.4. The van der Waals surface area contributed by atoms with Crippen molar-refractivity contribution in [2.45, 2.75) is 63.9 Å². The van der Waals surface area contributed by atoms with Crippen molar-refractivity contribution in [1.82, 2.24) is 25.8 Å². The van der Waals surface area contributed by atoms with Gasteiger partial charge in [0, 0.05) is 17.5 Å². The molecule has 252 valence electrons. The first-order valence-corrected chi connectivity index (χ1v) is 15.7. The molecule has 12 nitrogen and oxygen atoms in total. The van der Waals surface area contributed by atoms with E-state index in [9.17, 15) is 24.3 Å². The molecular formula is C36H43N7O5. The van der Waals surface area contributed by atoms with Crippen LogP contribution in [0.5, 0.6) is 0 Å². The first-order chi connectivity index (χ1) is 22.9. The average molecular weight is 654 g/mol. The lowest BCUT2D eigenvalue weighted by Crippen LogP contribution is -2.57. The number of para-hydroxylation sites is 1. The fourth-order valence-electron chi connectivity index (χ4n) is 5.07. The fourth-order valence-corrected chi connectivity index (χ4v) is 5.07. The van der Waals surface area contributed by atoms with Gasteiger partial charge in [0.15, 0.2) is 0 Å². The highest BCUT2D eigenvalue weighted by molar-refractivity contribution is 5.96. The van der Waals surface area contributed by atoms with Crippen LogP contribution in [0.25, 0.3) is 10.9 Å². The number of fused-ring (bicyclic) bond motifs is 1. The minimum Gasteiger partial charge on any atom is -0.389 e. The number of nitrogens with one attached hydrogen (secondary N) is 4. The number of aliphatic hydroxyl groups excluding tert-OH is 1. The number of carbonyl (C=O) groups is 4. The Kier molecular flexibility index (Phi) is 12.1. The molecule has 3 aromatic carbocycles. The van der Waals surface area contributed by atoms with Gasteiger partial charge in [-0.05, 0) is 56.5 Å². The van der Waals surface area contributed by atoms with E-state index >= 15 is 0 Å². The second-order valence-corrected chi connectivity index (χ2v) is 12.6. The summed E-state index contributed by atoms with van der Waals surface area (Å²) >= 11 is 0. The van der Waals surface area contributed by atoms with E-state index in [1.165, 1.54) is 4.90 Å². The van der Waals surface area contributed by atoms with Gasteiger partial charge in [0.1, 0.15) is 11.9 Å². The summed E-state index contributed by atoms with van der Waals surface area (Å²) in [6.07, 6.45) is -1.54. The van der Waals surface area contributed by atoms with E-state index < -0.39 is 48.0 Å². The minimum absolute atomic E-state index is 0.128. The van der Waals surface area contributed by atoms with Crippen LogP contribution < -0.4 is 27.0 Å². The number of nitrogens with zero attached hydrogens (tertiary/aromatic N) is 2. The number of urea groups is 2. The van der Waals surface area contributed by atoms with Crippen molar-refractivity contribution < 1.29 is 24.3 Å². The van der Waals surface area contributed by atoms with Crippen LogP contribution in [0, 0.1) is 0 Å². The Morgan fingerprint density at radius 1 is 0.833 bits per heavy atom. The molecule has 12 heteroatoms. The molecule has 1 aromatic heterocycles. The van der Waals surface area contributed by atoms with E-state index in [-0.39, 0.29) is 31.4 Å². The molecule has 0 aliphatic rings. The quantitative estimate of drug-likeness (QED) is 0.128. The molecule has 3 unspecified atom stereocenters. The number of hydrogen-bond acceptors (Lipinski definition) is 6. The molecule has 7 N–H and O–H groups in total. The maximum atomic E-state index is 13.7. The number of aliphatic hydroxyl groups is 1. The lowest BCUT2D eigenvalue weighted by molar-refractivity contribution is -0.128. The fraction of sp³-hybridized carbons (Fsp3) is 0.306. The van der Waals surface area contributed by atoms with Gasteiger partial charge in [-0.1, -0.05) is 78.9 Å². The Labute approximate surface area is 280 Å². The number of hydrogen-bond donors (Lipinski definition) is 6. The number of carbonyl (C=O) groups excluding carboxylic acids is 4. The molecule has 0 saturated heterocycles. The zero-order valence-corrected chi connectivity index (χ0v) is 27.4. The van der Waals surface area contributed by atoms with Crippen LogP contribution in [0.1, 0.15) is 38.3 Å². The van der Waals surface area contributed by atoms with Gasteiger partial charge in [0.2, 0.25) is 11.8 Å². The van der Waals surface area contributed by atoms with Crippen molar-refractivity contribution in [3.05, 3.63) is 108 Å². The monoisotopic (exact) mass is 653 g/mol. The summed E-state index contributed by atoms with van der Waals surface area (Å²) in [6.45, 7) is 5.66. The zero-order chi connectivity index (χ0) is 34.7. The highest BCUT2D eigenvalue weighted by atomic mass is 16.3. The lowest BCUT2D eigenvalue weighted by Gasteiger charge is -2.33. The second-order valence-electron chi connectivity index (χ2n) is 12.6. The van der Waals surface area contributed by atoms with E-state index in [0.29, 0.717) is 5.52 Å². The predicted octanol–water partition coefficient (Wildman–Crippen LogP) is 3.70. The molecule has 0 radical (unpaired) electrons. The van der Waals surface area contributed by atoms with Crippen LogP contribution in [0.2, 0.25) is 0 Å². The molecule has 48 heavy (non-hydrogen) atoms. The Balaban J connectivity index is 1.53. The molecule has 0 bridgehead atoms. The summed E-state index contributed by atoms with van der Waals surface area (Å²) in [6, 6.07) is 25.9. The number of pyridine rings is 1. The Hall–Kier alpha value is -5.49. The molecule has 3 atom stereocenters. The first-order valence-electron chi connectivity index (χ1n) is 15.7. The van der Waals surface area contributed by atoms with Crippen molar-refractivity contribution >= 4 is 40.6 Å². The van der Waals surface area contributed by atoms with E-state index in [2.05, 4.69) is 26.3 Å². The topological polar surface area (TPSA) is 179 Å². The van der Waals surface area contributed by atoms with Crippen molar-refractivity contribution in [3.63, 3.8) is 0 Å². The summed E-state index contributed by atoms with van der Waals surface area (Å²) in [7, 11) is 0. The maximum absolute atomic E-state index is 13.7. The Bertz CT molecular complexity index is 1700. The van der Waals surface area contributed by atoms with Gasteiger partial charge >= 0.3 is 12.1 Å². The van der Waals surface area contributed by atoms with Crippen LogP contribution in [0.15, 0.2) is 97.1 Å². The smallest absolute Gasteiger partial charge is 0.321 e. The lowest BCUT2D eigenvalue weighted by atomic mass is 9.99. The minimum atomic E-state index is -1.36. The molecule has 1 heterocycles. The third kappa shape index (κ3) is 11.1. The van der Waals surface area contributed by atoms with Crippen LogP contribution in [0.4, 0.5) is 15.4 Å². The van der Waals surface area contributed by atoms with Crippen molar-refractivity contribution in [2.75, 3.05) is 11.9 Å². The molecule has 0 fully saturated rings. The number of anilines is 1. The highest BCUT2D eigenvalue weighted by Crippen LogP contribution is 2.15. The van der Waals surface area contributed by atoms with Crippen LogP contribution in [-0.2, 0) is 22.6 Å². The van der Waals surface area contributed by atoms with Gasteiger partial charge in [0.05, 0.1) is 30.6 Å². The van der Waals surface area contributed by atoms with Gasteiger partial charge < -0.3 is 31.7 Å². The highest BCUT2D eigenvalue weighted by Gasteiger charge is 2.31. The number of rotatable bonds is 13. The van der Waals surface area contributed by atoms with E-state index in [4.69, 9.17) is 5.73 Å². The largest absolute Gasteiger partial charge is 0.389 e. The number of amides is 6. The number of aromatic nitrogens is 1. The Morgan fingerprint density at radius 2 is 1.46 bits per heavy atom. The molecule has 0 spiro atoms. The molecule has 0 aliphatic carbocycles. The molecule has 0 aliphatic heterocycles. The third-order valence-corrected chi connectivity index (χ3v) is 7.35. The van der Waals surface area contributed by atoms with E-state index in [1.54, 1.807) is 18.2 Å². The van der Waals surface area contributed by atoms with Crippen molar-refractivity contribution in [3.8, 4) is 0 Å².